The standard InChI is InChI=1S/C28H40N6O5SSi/c1-28(2,3)41(4,5)39-24-15-20(14-19(24)16-34(27(35)36)40(29,37)38)33-13-12-22-25(30-17-31-26(22)33)32-23-11-10-18-8-6-7-9-21(18)23/h6-9,12-13,17,19-20,23-24H,10-11,14-16H2,1-5H3,(H,35,36)(H2,29,37,38)(H,30,31,32)/t19-,20+,23-,24-/m0/s1. The lowest BCUT2D eigenvalue weighted by atomic mass is 10.1. The average molecular weight is 601 g/mol. The number of benzene rings is 1. The minimum Gasteiger partial charge on any atom is -0.464 e. The first kappa shape index (κ1) is 29.5. The van der Waals surface area contributed by atoms with Crippen LogP contribution in [0.5, 0.6) is 0 Å². The quantitative estimate of drug-likeness (QED) is 0.304. The molecule has 0 aliphatic heterocycles. The van der Waals surface area contributed by atoms with Gasteiger partial charge in [-0.05, 0) is 61.0 Å². The van der Waals surface area contributed by atoms with E-state index in [1.807, 2.05) is 12.3 Å². The number of nitrogens with zero attached hydrogens (tertiary/aromatic N) is 4. The highest BCUT2D eigenvalue weighted by atomic mass is 32.2. The van der Waals surface area contributed by atoms with E-state index in [4.69, 9.17) is 9.56 Å². The van der Waals surface area contributed by atoms with E-state index < -0.39 is 24.6 Å². The lowest BCUT2D eigenvalue weighted by Crippen LogP contribution is -2.48. The van der Waals surface area contributed by atoms with E-state index >= 15 is 0 Å². The van der Waals surface area contributed by atoms with Gasteiger partial charge in [0.2, 0.25) is 0 Å². The number of carbonyl (C=O) groups is 1. The van der Waals surface area contributed by atoms with E-state index in [2.05, 4.69) is 78.0 Å². The number of hydrogen-bond donors (Lipinski definition) is 3. The Balaban J connectivity index is 1.44. The maximum atomic E-state index is 12.1. The van der Waals surface area contributed by atoms with Gasteiger partial charge in [0.15, 0.2) is 8.32 Å². The summed E-state index contributed by atoms with van der Waals surface area (Å²) in [4.78, 5) is 21.0. The molecule has 4 N–H and O–H groups in total. The lowest BCUT2D eigenvalue weighted by Gasteiger charge is -2.40. The Morgan fingerprint density at radius 2 is 1.95 bits per heavy atom. The SMILES string of the molecule is CC(C)(C)[Si](C)(C)O[C@H]1C[C@H](n2ccc3c(N[C@H]4CCc5ccccc54)ncnc32)C[C@H]1CN(C(=O)O)S(N)(=O)=O. The summed E-state index contributed by atoms with van der Waals surface area (Å²) in [5.74, 6) is 0.403. The molecule has 11 nitrogen and oxygen atoms in total. The van der Waals surface area contributed by atoms with Gasteiger partial charge in [-0.3, -0.25) is 0 Å². The second-order valence-corrected chi connectivity index (χ2v) is 19.0. The van der Waals surface area contributed by atoms with E-state index in [0.717, 1.165) is 29.7 Å². The van der Waals surface area contributed by atoms with E-state index in [9.17, 15) is 18.3 Å². The molecule has 5 rings (SSSR count). The first-order chi connectivity index (χ1) is 19.2. The van der Waals surface area contributed by atoms with Crippen molar-refractivity contribution in [3.8, 4) is 0 Å². The van der Waals surface area contributed by atoms with Crippen LogP contribution in [-0.4, -0.2) is 59.4 Å². The first-order valence-electron chi connectivity index (χ1n) is 14.0. The van der Waals surface area contributed by atoms with Crippen molar-refractivity contribution in [1.82, 2.24) is 18.8 Å². The van der Waals surface area contributed by atoms with Crippen LogP contribution >= 0.6 is 0 Å². The summed E-state index contributed by atoms with van der Waals surface area (Å²) >= 11 is 0. The molecule has 2 aromatic heterocycles. The van der Waals surface area contributed by atoms with Crippen molar-refractivity contribution in [3.05, 3.63) is 54.0 Å². The monoisotopic (exact) mass is 600 g/mol. The van der Waals surface area contributed by atoms with E-state index in [-0.39, 0.29) is 35.7 Å². The summed E-state index contributed by atoms with van der Waals surface area (Å²) in [6.45, 7) is 10.4. The summed E-state index contributed by atoms with van der Waals surface area (Å²) in [5, 5.41) is 19.4. The minimum absolute atomic E-state index is 0.0710. The van der Waals surface area contributed by atoms with Crippen LogP contribution in [0.2, 0.25) is 18.1 Å². The largest absolute Gasteiger partial charge is 0.464 e. The number of anilines is 1. The Bertz CT molecular complexity index is 1550. The molecule has 2 aliphatic carbocycles. The van der Waals surface area contributed by atoms with E-state index in [0.29, 0.717) is 17.1 Å². The van der Waals surface area contributed by atoms with Gasteiger partial charge in [0.25, 0.3) is 0 Å². The molecule has 2 heterocycles. The first-order valence-corrected chi connectivity index (χ1v) is 18.4. The maximum Gasteiger partial charge on any atom is 0.422 e. The molecule has 41 heavy (non-hydrogen) atoms. The van der Waals surface area contributed by atoms with Crippen molar-refractivity contribution in [2.24, 2.45) is 11.1 Å². The molecule has 222 valence electrons. The molecule has 1 aromatic carbocycles. The highest BCUT2D eigenvalue weighted by molar-refractivity contribution is 7.87. The van der Waals surface area contributed by atoms with Gasteiger partial charge in [0.1, 0.15) is 17.8 Å². The smallest absolute Gasteiger partial charge is 0.422 e. The molecule has 3 aromatic rings. The van der Waals surface area contributed by atoms with Crippen LogP contribution in [0, 0.1) is 5.92 Å². The van der Waals surface area contributed by atoms with Crippen molar-refractivity contribution in [2.75, 3.05) is 11.9 Å². The molecule has 0 saturated heterocycles. The fraction of sp³-hybridized carbons (Fsp3) is 0.536. The highest BCUT2D eigenvalue weighted by Gasteiger charge is 2.46. The van der Waals surface area contributed by atoms with E-state index in [1.54, 1.807) is 6.33 Å². The number of nitrogens with one attached hydrogen (secondary N) is 1. The number of rotatable bonds is 8. The van der Waals surface area contributed by atoms with Gasteiger partial charge >= 0.3 is 16.3 Å². The third-order valence-corrected chi connectivity index (χ3v) is 14.5. The van der Waals surface area contributed by atoms with E-state index in [1.165, 1.54) is 11.1 Å². The Kier molecular flexibility index (Phi) is 7.68. The van der Waals surface area contributed by atoms with Crippen LogP contribution in [0.4, 0.5) is 10.6 Å². The van der Waals surface area contributed by atoms with Crippen molar-refractivity contribution < 1.29 is 22.7 Å². The van der Waals surface area contributed by atoms with Gasteiger partial charge in [-0.25, -0.2) is 19.9 Å². The number of amides is 1. The Morgan fingerprint density at radius 1 is 1.22 bits per heavy atom. The van der Waals surface area contributed by atoms with Crippen molar-refractivity contribution in [2.45, 2.75) is 82.8 Å². The number of fused-ring (bicyclic) bond motifs is 2. The zero-order valence-corrected chi connectivity index (χ0v) is 26.1. The van der Waals surface area contributed by atoms with Gasteiger partial charge in [0, 0.05) is 24.7 Å². The van der Waals surface area contributed by atoms with Gasteiger partial charge in [-0.15, -0.1) is 0 Å². The average Bonchev–Trinajstić information content (AvgIpc) is 3.58. The number of aromatic nitrogens is 3. The summed E-state index contributed by atoms with van der Waals surface area (Å²) in [6.07, 6.45) is 4.75. The van der Waals surface area contributed by atoms with Gasteiger partial charge < -0.3 is 19.4 Å². The van der Waals surface area contributed by atoms with Crippen LogP contribution in [0.3, 0.4) is 0 Å². The number of carboxylic acid groups (broad SMARTS) is 1. The topological polar surface area (TPSA) is 153 Å². The van der Waals surface area contributed by atoms with Crippen LogP contribution < -0.4 is 10.5 Å². The summed E-state index contributed by atoms with van der Waals surface area (Å²) in [6, 6.07) is 10.6. The number of nitrogens with two attached hydrogens (primary N) is 1. The van der Waals surface area contributed by atoms with Gasteiger partial charge in [-0.1, -0.05) is 45.0 Å². The summed E-state index contributed by atoms with van der Waals surface area (Å²) < 4.78 is 33.4. The molecule has 1 saturated carbocycles. The minimum atomic E-state index is -4.44. The predicted octanol–water partition coefficient (Wildman–Crippen LogP) is 5.06. The third-order valence-electron chi connectivity index (χ3n) is 9.12. The van der Waals surface area contributed by atoms with Crippen LogP contribution in [-0.2, 0) is 21.1 Å². The lowest BCUT2D eigenvalue weighted by molar-refractivity contribution is 0.120. The normalized spacial score (nSPS) is 23.1. The maximum absolute atomic E-state index is 12.1. The van der Waals surface area contributed by atoms with Crippen molar-refractivity contribution in [3.63, 3.8) is 0 Å². The van der Waals surface area contributed by atoms with Crippen LogP contribution in [0.25, 0.3) is 11.0 Å². The molecule has 0 unspecified atom stereocenters. The Hall–Kier alpha value is -3.00. The van der Waals surface area contributed by atoms with Crippen molar-refractivity contribution >= 4 is 41.5 Å². The fourth-order valence-corrected chi connectivity index (χ4v) is 7.95. The molecule has 2 aliphatic rings. The summed E-state index contributed by atoms with van der Waals surface area (Å²) in [7, 11) is -6.69. The third kappa shape index (κ3) is 5.85. The highest BCUT2D eigenvalue weighted by Crippen LogP contribution is 2.45. The fourth-order valence-electron chi connectivity index (χ4n) is 5.93. The Labute approximate surface area is 242 Å². The van der Waals surface area contributed by atoms with Crippen molar-refractivity contribution in [1.29, 1.82) is 0 Å². The number of hydrogen-bond acceptors (Lipinski definition) is 7. The Morgan fingerprint density at radius 3 is 2.63 bits per heavy atom. The molecule has 13 heteroatoms. The molecule has 1 fully saturated rings. The zero-order valence-electron chi connectivity index (χ0n) is 24.2. The van der Waals surface area contributed by atoms with Gasteiger partial charge in [0.05, 0.1) is 17.5 Å². The molecule has 1 amide bonds. The molecular formula is C28H40N6O5SSi. The van der Waals surface area contributed by atoms with Gasteiger partial charge in [-0.2, -0.15) is 12.7 Å². The molecular weight excluding hydrogens is 560 g/mol. The number of aryl methyl sites for hydroxylation is 1. The predicted molar refractivity (Wildman–Crippen MR) is 160 cm³/mol. The molecule has 4 atom stereocenters. The zero-order chi connectivity index (χ0) is 29.7. The second-order valence-electron chi connectivity index (χ2n) is 12.8. The molecule has 0 spiro atoms. The second kappa shape index (κ2) is 10.7. The van der Waals surface area contributed by atoms with Crippen LogP contribution in [0.15, 0.2) is 42.9 Å². The summed E-state index contributed by atoms with van der Waals surface area (Å²) in [5.41, 5.74) is 3.42. The van der Waals surface area contributed by atoms with Crippen LogP contribution in [0.1, 0.15) is 63.2 Å². The molecule has 0 radical (unpaired) electrons. The molecule has 0 bridgehead atoms.